The summed E-state index contributed by atoms with van der Waals surface area (Å²) < 4.78 is 0. The molecule has 1 aromatic carbocycles. The molecule has 2 rings (SSSR count). The Kier molecular flexibility index (Phi) is 6.38. The van der Waals surface area contributed by atoms with E-state index in [1.54, 1.807) is 0 Å². The Bertz CT molecular complexity index is 501. The second kappa shape index (κ2) is 8.28. The van der Waals surface area contributed by atoms with Gasteiger partial charge >= 0.3 is 0 Å². The fourth-order valence-corrected chi connectivity index (χ4v) is 3.29. The van der Waals surface area contributed by atoms with Gasteiger partial charge in [0.1, 0.15) is 0 Å². The summed E-state index contributed by atoms with van der Waals surface area (Å²) in [4.78, 5) is 4.68. The Morgan fingerprint density at radius 2 is 2.05 bits per heavy atom. The van der Waals surface area contributed by atoms with Crippen molar-refractivity contribution in [2.45, 2.75) is 32.4 Å². The summed E-state index contributed by atoms with van der Waals surface area (Å²) in [5.41, 5.74) is 1.89. The Morgan fingerprint density at radius 1 is 1.36 bits per heavy atom. The SMILES string of the molecule is C[C@H](O)CN1CCC(CN(C)Cc2ccccc2C#N)CC1. The highest BCUT2D eigenvalue weighted by Gasteiger charge is 2.21. The number of aliphatic hydroxyl groups is 1. The maximum absolute atomic E-state index is 9.45. The monoisotopic (exact) mass is 301 g/mol. The minimum Gasteiger partial charge on any atom is -0.392 e. The van der Waals surface area contributed by atoms with Crippen molar-refractivity contribution in [3.63, 3.8) is 0 Å². The van der Waals surface area contributed by atoms with Gasteiger partial charge in [0.25, 0.3) is 0 Å². The largest absolute Gasteiger partial charge is 0.392 e. The van der Waals surface area contributed by atoms with Gasteiger partial charge in [0.05, 0.1) is 17.7 Å². The average Bonchev–Trinajstić information content (AvgIpc) is 2.49. The van der Waals surface area contributed by atoms with Crippen molar-refractivity contribution in [2.75, 3.05) is 33.2 Å². The molecule has 1 aliphatic heterocycles. The van der Waals surface area contributed by atoms with Gasteiger partial charge in [0, 0.05) is 19.6 Å². The lowest BCUT2D eigenvalue weighted by molar-refractivity contribution is 0.0919. The maximum Gasteiger partial charge on any atom is 0.0995 e. The van der Waals surface area contributed by atoms with Crippen LogP contribution in [0.25, 0.3) is 0 Å². The van der Waals surface area contributed by atoms with Crippen molar-refractivity contribution < 1.29 is 5.11 Å². The highest BCUT2D eigenvalue weighted by Crippen LogP contribution is 2.19. The van der Waals surface area contributed by atoms with Crippen molar-refractivity contribution in [3.8, 4) is 6.07 Å². The summed E-state index contributed by atoms with van der Waals surface area (Å²) in [5.74, 6) is 0.712. The third-order valence-electron chi connectivity index (χ3n) is 4.38. The van der Waals surface area contributed by atoms with Crippen molar-refractivity contribution in [2.24, 2.45) is 5.92 Å². The van der Waals surface area contributed by atoms with E-state index in [1.807, 2.05) is 31.2 Å². The first-order valence-corrected chi connectivity index (χ1v) is 8.15. The molecule has 120 valence electrons. The van der Waals surface area contributed by atoms with Crippen molar-refractivity contribution in [1.29, 1.82) is 5.26 Å². The Morgan fingerprint density at radius 3 is 2.68 bits per heavy atom. The number of benzene rings is 1. The number of hydrogen-bond donors (Lipinski definition) is 1. The van der Waals surface area contributed by atoms with Crippen LogP contribution in [0.15, 0.2) is 24.3 Å². The molecule has 4 heteroatoms. The third-order valence-corrected chi connectivity index (χ3v) is 4.38. The molecule has 4 nitrogen and oxygen atoms in total. The number of nitriles is 1. The first-order valence-electron chi connectivity index (χ1n) is 8.15. The number of likely N-dealkylation sites (tertiary alicyclic amines) is 1. The molecule has 0 aromatic heterocycles. The molecule has 1 N–H and O–H groups in total. The summed E-state index contributed by atoms with van der Waals surface area (Å²) in [6.07, 6.45) is 2.15. The summed E-state index contributed by atoms with van der Waals surface area (Å²) in [6.45, 7) is 6.71. The molecule has 0 spiro atoms. The normalized spacial score (nSPS) is 18.3. The van der Waals surface area contributed by atoms with Gasteiger partial charge in [-0.2, -0.15) is 5.26 Å². The zero-order valence-corrected chi connectivity index (χ0v) is 13.7. The first kappa shape index (κ1) is 17.0. The molecule has 0 aliphatic carbocycles. The molecule has 1 atom stereocenters. The summed E-state index contributed by atoms with van der Waals surface area (Å²) in [5, 5.41) is 18.6. The third kappa shape index (κ3) is 5.10. The molecular weight excluding hydrogens is 274 g/mol. The molecule has 0 saturated carbocycles. The maximum atomic E-state index is 9.45. The van der Waals surface area contributed by atoms with Crippen LogP contribution in [0.3, 0.4) is 0 Å². The number of β-amino-alcohol motifs (C(OH)–C–C–N with tert-alkyl or cyclic N) is 1. The van der Waals surface area contributed by atoms with E-state index in [2.05, 4.69) is 22.9 Å². The Balaban J connectivity index is 1.79. The number of piperidine rings is 1. The fourth-order valence-electron chi connectivity index (χ4n) is 3.29. The highest BCUT2D eigenvalue weighted by atomic mass is 16.3. The Hall–Kier alpha value is -1.41. The fraction of sp³-hybridized carbons (Fsp3) is 0.611. The number of aliphatic hydroxyl groups excluding tert-OH is 1. The van der Waals surface area contributed by atoms with Gasteiger partial charge in [-0.3, -0.25) is 0 Å². The second-order valence-corrected chi connectivity index (χ2v) is 6.56. The lowest BCUT2D eigenvalue weighted by atomic mass is 9.96. The van der Waals surface area contributed by atoms with E-state index in [9.17, 15) is 5.11 Å². The smallest absolute Gasteiger partial charge is 0.0995 e. The summed E-state index contributed by atoms with van der Waals surface area (Å²) in [7, 11) is 2.14. The summed E-state index contributed by atoms with van der Waals surface area (Å²) >= 11 is 0. The van der Waals surface area contributed by atoms with Crippen LogP contribution in [0, 0.1) is 17.2 Å². The van der Waals surface area contributed by atoms with E-state index in [-0.39, 0.29) is 6.10 Å². The molecule has 1 fully saturated rings. The van der Waals surface area contributed by atoms with Crippen LogP contribution in [-0.2, 0) is 6.54 Å². The summed E-state index contributed by atoms with van der Waals surface area (Å²) in [6, 6.07) is 10.1. The number of nitrogens with zero attached hydrogens (tertiary/aromatic N) is 3. The highest BCUT2D eigenvalue weighted by molar-refractivity contribution is 5.37. The van der Waals surface area contributed by atoms with Crippen LogP contribution in [0.5, 0.6) is 0 Å². The molecule has 0 bridgehead atoms. The van der Waals surface area contributed by atoms with Gasteiger partial charge in [0.2, 0.25) is 0 Å². The molecule has 1 heterocycles. The molecule has 1 aromatic rings. The van der Waals surface area contributed by atoms with Crippen LogP contribution >= 0.6 is 0 Å². The van der Waals surface area contributed by atoms with Crippen LogP contribution in [0.1, 0.15) is 30.9 Å². The topological polar surface area (TPSA) is 50.5 Å². The molecule has 0 amide bonds. The van der Waals surface area contributed by atoms with Crippen LogP contribution in [-0.4, -0.2) is 54.2 Å². The van der Waals surface area contributed by atoms with Gasteiger partial charge in [-0.15, -0.1) is 0 Å². The lowest BCUT2D eigenvalue weighted by Gasteiger charge is -2.34. The van der Waals surface area contributed by atoms with Gasteiger partial charge in [-0.05, 0) is 57.5 Å². The van der Waals surface area contributed by atoms with Gasteiger partial charge in [-0.25, -0.2) is 0 Å². The van der Waals surface area contributed by atoms with Crippen molar-refractivity contribution >= 4 is 0 Å². The number of hydrogen-bond acceptors (Lipinski definition) is 4. The number of rotatable bonds is 6. The predicted octanol–water partition coefficient (Wildman–Crippen LogP) is 2.08. The quantitative estimate of drug-likeness (QED) is 0.874. The zero-order valence-electron chi connectivity index (χ0n) is 13.7. The van der Waals surface area contributed by atoms with E-state index in [1.165, 1.54) is 12.8 Å². The van der Waals surface area contributed by atoms with Crippen LogP contribution in [0.2, 0.25) is 0 Å². The second-order valence-electron chi connectivity index (χ2n) is 6.56. The van der Waals surface area contributed by atoms with E-state index in [0.717, 1.165) is 43.9 Å². The molecule has 1 saturated heterocycles. The lowest BCUT2D eigenvalue weighted by Crippen LogP contribution is -2.40. The Labute approximate surface area is 134 Å². The standard InChI is InChI=1S/C18H27N3O/c1-15(22)12-21-9-7-16(8-10-21)13-20(2)14-18-6-4-3-5-17(18)11-19/h3-6,15-16,22H,7-10,12-14H2,1-2H3/t15-/m0/s1. The van der Waals surface area contributed by atoms with E-state index in [4.69, 9.17) is 5.26 Å². The molecular formula is C18H27N3O. The van der Waals surface area contributed by atoms with Gasteiger partial charge in [0.15, 0.2) is 0 Å². The zero-order chi connectivity index (χ0) is 15.9. The van der Waals surface area contributed by atoms with Gasteiger partial charge in [-0.1, -0.05) is 18.2 Å². The first-order chi connectivity index (χ1) is 10.6. The molecule has 0 unspecified atom stereocenters. The van der Waals surface area contributed by atoms with Crippen LogP contribution < -0.4 is 0 Å². The average molecular weight is 301 g/mol. The van der Waals surface area contributed by atoms with Crippen LogP contribution in [0.4, 0.5) is 0 Å². The van der Waals surface area contributed by atoms with E-state index in [0.29, 0.717) is 5.92 Å². The van der Waals surface area contributed by atoms with Gasteiger partial charge < -0.3 is 14.9 Å². The predicted molar refractivity (Wildman–Crippen MR) is 88.3 cm³/mol. The molecule has 1 aliphatic rings. The minimum absolute atomic E-state index is 0.235. The van der Waals surface area contributed by atoms with E-state index >= 15 is 0 Å². The van der Waals surface area contributed by atoms with Crippen molar-refractivity contribution in [1.82, 2.24) is 9.80 Å². The van der Waals surface area contributed by atoms with Crippen molar-refractivity contribution in [3.05, 3.63) is 35.4 Å². The molecule has 22 heavy (non-hydrogen) atoms. The van der Waals surface area contributed by atoms with E-state index < -0.39 is 0 Å². The molecule has 0 radical (unpaired) electrons. The minimum atomic E-state index is -0.235.